The first-order valence-corrected chi connectivity index (χ1v) is 1.86. The van der Waals surface area contributed by atoms with Crippen molar-refractivity contribution in [1.82, 2.24) is 0 Å². The minimum atomic E-state index is -1.08. The molecular weight excluding hydrogens is 224 g/mol. The molecule has 0 radical (unpaired) electrons. The van der Waals surface area contributed by atoms with Crippen LogP contribution in [0.3, 0.4) is 0 Å². The van der Waals surface area contributed by atoms with Gasteiger partial charge in [-0.1, -0.05) is 0 Å². The molecule has 0 aromatic heterocycles. The van der Waals surface area contributed by atoms with Gasteiger partial charge in [-0.3, -0.25) is 5.14 Å². The molecule has 0 aliphatic carbocycles. The fourth-order valence-corrected chi connectivity index (χ4v) is 0. The second kappa shape index (κ2) is 16.0. The molecule has 7 heavy (non-hydrogen) atoms. The van der Waals surface area contributed by atoms with Crippen LogP contribution in [0.5, 0.6) is 0 Å². The van der Waals surface area contributed by atoms with Gasteiger partial charge in [-0.05, 0) is 6.92 Å². The Hall–Kier alpha value is 0.598. The van der Waals surface area contributed by atoms with Crippen LogP contribution in [-0.2, 0) is 4.79 Å². The molecule has 0 heterocycles. The Morgan fingerprint density at radius 3 is 1.71 bits per heavy atom. The van der Waals surface area contributed by atoms with Gasteiger partial charge < -0.3 is 9.90 Å². The Morgan fingerprint density at radius 1 is 1.71 bits per heavy atom. The Bertz CT molecular complexity index is 38.7. The number of rotatable bonds is 0. The molecule has 3 N–H and O–H groups in total. The van der Waals surface area contributed by atoms with Crippen LogP contribution in [0.2, 0.25) is 0 Å². The summed E-state index contributed by atoms with van der Waals surface area (Å²) in [5.41, 5.74) is 0. The van der Waals surface area contributed by atoms with E-state index in [4.69, 9.17) is 9.90 Å². The average molecular weight is 234 g/mol. The molecule has 0 unspecified atom stereocenters. The van der Waals surface area contributed by atoms with E-state index in [9.17, 15) is 0 Å². The quantitative estimate of drug-likeness (QED) is 0.339. The van der Waals surface area contributed by atoms with Gasteiger partial charge in [0, 0.05) is 5.97 Å². The molecule has 0 aliphatic heterocycles. The monoisotopic (exact) mass is 233 g/mol. The number of hydrogen-bond donors (Lipinski definition) is 2. The van der Waals surface area contributed by atoms with E-state index in [1.807, 2.05) is 0 Å². The number of aliphatic carboxylic acids is 1. The van der Waals surface area contributed by atoms with Gasteiger partial charge in [-0.2, -0.15) is 0 Å². The van der Waals surface area contributed by atoms with Crippen molar-refractivity contribution in [3.63, 3.8) is 0 Å². The number of quaternary nitrogens is 1. The van der Waals surface area contributed by atoms with Gasteiger partial charge in [0.1, 0.15) is 0 Å². The van der Waals surface area contributed by atoms with Gasteiger partial charge >= 0.3 is 24.4 Å². The molecule has 0 aromatic carbocycles. The second-order valence-electron chi connectivity index (χ2n) is 0.492. The summed E-state index contributed by atoms with van der Waals surface area (Å²) in [5.74, 6) is -1.08. The molecule has 0 spiro atoms. The zero-order valence-electron chi connectivity index (χ0n) is 4.18. The van der Waals surface area contributed by atoms with Crippen LogP contribution in [0.1, 0.15) is 6.92 Å². The van der Waals surface area contributed by atoms with Crippen molar-refractivity contribution in [2.45, 2.75) is 6.92 Å². The summed E-state index contributed by atoms with van der Waals surface area (Å²) in [7, 11) is 0. The van der Waals surface area contributed by atoms with Gasteiger partial charge in [-0.15, -0.1) is 0 Å². The molecule has 0 fully saturated rings. The first kappa shape index (κ1) is 15.6. The normalized spacial score (nSPS) is 4.43. The molecule has 0 amide bonds. The number of thiol groups is 1. The van der Waals surface area contributed by atoms with Gasteiger partial charge in [0.05, 0.1) is 12.8 Å². The summed E-state index contributed by atoms with van der Waals surface area (Å²) < 4.78 is 0. The molecule has 0 bridgehead atoms. The van der Waals surface area contributed by atoms with Crippen LogP contribution in [0, 0.1) is 0 Å². The van der Waals surface area contributed by atoms with Crippen molar-refractivity contribution in [2.75, 3.05) is 0 Å². The van der Waals surface area contributed by atoms with Gasteiger partial charge in [0.25, 0.3) is 0 Å². The molecule has 0 saturated carbocycles. The topological polar surface area (TPSA) is 67.8 Å². The van der Waals surface area contributed by atoms with Crippen molar-refractivity contribution < 1.29 is 15.0 Å². The molecule has 0 aliphatic rings. The third-order valence-corrected chi connectivity index (χ3v) is 0. The van der Waals surface area contributed by atoms with Crippen molar-refractivity contribution in [1.29, 1.82) is 0 Å². The van der Waals surface area contributed by atoms with Crippen LogP contribution < -0.4 is 10.2 Å². The van der Waals surface area contributed by atoms with Gasteiger partial charge in [-0.25, -0.2) is 0 Å². The fourth-order valence-electron chi connectivity index (χ4n) is 0. The van der Waals surface area contributed by atoms with Crippen molar-refractivity contribution >= 4 is 43.2 Å². The van der Waals surface area contributed by atoms with Crippen LogP contribution in [0.25, 0.3) is 0 Å². The van der Waals surface area contributed by atoms with Crippen LogP contribution in [-0.4, -0.2) is 30.4 Å². The number of carboxylic acid groups (broad SMARTS) is 1. The third kappa shape index (κ3) is 390. The second-order valence-corrected chi connectivity index (χ2v) is 0.492. The average Bonchev–Trinajstić information content (AvgIpc) is 1.41. The van der Waals surface area contributed by atoms with Crippen LogP contribution in [0.15, 0.2) is 0 Å². The van der Waals surface area contributed by atoms with Crippen molar-refractivity contribution in [3.05, 3.63) is 0 Å². The van der Waals surface area contributed by atoms with E-state index in [1.54, 1.807) is 0 Å². The molecule has 46 valence electrons. The van der Waals surface area contributed by atoms with Gasteiger partial charge in [0.15, 0.2) is 0 Å². The number of carbonyl (C=O) groups is 1. The SMILES string of the molecule is CC(=O)[O-].[NH3+]S.[SbH3]. The van der Waals surface area contributed by atoms with E-state index in [1.165, 1.54) is 0 Å². The Morgan fingerprint density at radius 2 is 1.71 bits per heavy atom. The molecule has 5 heteroatoms. The molecule has 0 atom stereocenters. The maximum absolute atomic E-state index is 8.89. The summed E-state index contributed by atoms with van der Waals surface area (Å²) in [5, 5.41) is 11.8. The van der Waals surface area contributed by atoms with E-state index in [0.29, 0.717) is 0 Å². The zero-order valence-corrected chi connectivity index (χ0v) is 9.11. The molecule has 0 saturated heterocycles. The van der Waals surface area contributed by atoms with E-state index >= 15 is 0 Å². The Labute approximate surface area is 65.3 Å². The fraction of sp³-hybridized carbons (Fsp3) is 0.500. The van der Waals surface area contributed by atoms with E-state index in [2.05, 4.69) is 18.0 Å². The summed E-state index contributed by atoms with van der Waals surface area (Å²) >= 11 is 3.28. The first-order valence-electron chi connectivity index (χ1n) is 1.22. The van der Waals surface area contributed by atoms with E-state index < -0.39 is 5.97 Å². The summed E-state index contributed by atoms with van der Waals surface area (Å²) in [6.45, 7) is 0.972. The van der Waals surface area contributed by atoms with Crippen LogP contribution >= 0.6 is 12.8 Å². The number of carbonyl (C=O) groups excluding carboxylic acids is 1. The molecular formula is C2H10NO2SSb. The van der Waals surface area contributed by atoms with Crippen molar-refractivity contribution in [3.8, 4) is 0 Å². The maximum atomic E-state index is 8.89. The number of carboxylic acids is 1. The zero-order chi connectivity index (χ0) is 5.58. The predicted molar refractivity (Wildman–Crippen MR) is 32.5 cm³/mol. The molecule has 3 nitrogen and oxygen atoms in total. The van der Waals surface area contributed by atoms with E-state index in [-0.39, 0.29) is 24.4 Å². The number of hydrogen-bond acceptors (Lipinski definition) is 3. The summed E-state index contributed by atoms with van der Waals surface area (Å²) in [6.07, 6.45) is 0. The van der Waals surface area contributed by atoms with Gasteiger partial charge in [0.2, 0.25) is 0 Å². The minimum absolute atomic E-state index is 0. The predicted octanol–water partition coefficient (Wildman–Crippen LogP) is -3.35. The third-order valence-electron chi connectivity index (χ3n) is 0. The summed E-state index contributed by atoms with van der Waals surface area (Å²) in [6, 6.07) is 0. The standard InChI is InChI=1S/C2H4O2.H3NS.Sb.3H/c1-2(3)4;1-2;;;;/h1H3,(H,3,4);2H,1H2;;;;. The Kier molecular flexibility index (Phi) is 35.7. The Balaban J connectivity index is -0.0000000480. The van der Waals surface area contributed by atoms with Crippen LogP contribution in [0.4, 0.5) is 0 Å². The molecule has 0 aromatic rings. The first-order chi connectivity index (χ1) is 2.73. The van der Waals surface area contributed by atoms with E-state index in [0.717, 1.165) is 6.92 Å². The summed E-state index contributed by atoms with van der Waals surface area (Å²) in [4.78, 5) is 8.89. The molecule has 0 rings (SSSR count). The van der Waals surface area contributed by atoms with Crippen molar-refractivity contribution in [2.24, 2.45) is 0 Å².